The largest absolute Gasteiger partial charge is 0.326 e. The molecule has 0 aromatic heterocycles. The Morgan fingerprint density at radius 1 is 1.14 bits per heavy atom. The number of halogens is 2. The second kappa shape index (κ2) is 6.91. The van der Waals surface area contributed by atoms with Gasteiger partial charge >= 0.3 is 0 Å². The average Bonchev–Trinajstić information content (AvgIpc) is 2.74. The molecule has 2 rings (SSSR count). The van der Waals surface area contributed by atoms with Gasteiger partial charge in [0.1, 0.15) is 0 Å². The summed E-state index contributed by atoms with van der Waals surface area (Å²) in [5.74, 6) is -0.526. The minimum Gasteiger partial charge on any atom is -0.326 e. The molecule has 1 saturated heterocycles. The van der Waals surface area contributed by atoms with E-state index < -0.39 is 0 Å². The van der Waals surface area contributed by atoms with Gasteiger partial charge in [0, 0.05) is 31.5 Å². The lowest BCUT2D eigenvalue weighted by Gasteiger charge is -2.13. The number of imide groups is 1. The average molecular weight is 329 g/mol. The van der Waals surface area contributed by atoms with Crippen LogP contribution in [0.5, 0.6) is 0 Å². The van der Waals surface area contributed by atoms with E-state index in [2.05, 4.69) is 5.32 Å². The first-order valence-corrected chi connectivity index (χ1v) is 7.31. The zero-order valence-corrected chi connectivity index (χ0v) is 12.7. The lowest BCUT2D eigenvalue weighted by Crippen LogP contribution is -2.30. The summed E-state index contributed by atoms with van der Waals surface area (Å²) in [6.45, 7) is 0.284. The molecular weight excluding hydrogens is 315 g/mol. The summed E-state index contributed by atoms with van der Waals surface area (Å²) in [5, 5.41) is 3.47. The molecule has 3 amide bonds. The fourth-order valence-corrected chi connectivity index (χ4v) is 2.37. The Labute approximate surface area is 132 Å². The van der Waals surface area contributed by atoms with E-state index >= 15 is 0 Å². The molecule has 1 aliphatic heterocycles. The van der Waals surface area contributed by atoms with Crippen LogP contribution in [0.3, 0.4) is 0 Å². The number of nitrogens with zero attached hydrogens (tertiary/aromatic N) is 1. The molecule has 112 valence electrons. The van der Waals surface area contributed by atoms with Crippen molar-refractivity contribution in [2.24, 2.45) is 0 Å². The minimum atomic E-state index is -0.201. The van der Waals surface area contributed by atoms with Gasteiger partial charge in [-0.15, -0.1) is 0 Å². The van der Waals surface area contributed by atoms with Gasteiger partial charge in [0.05, 0.1) is 10.0 Å². The van der Waals surface area contributed by atoms with Crippen molar-refractivity contribution in [1.29, 1.82) is 0 Å². The van der Waals surface area contributed by atoms with Crippen LogP contribution in [0.4, 0.5) is 5.69 Å². The molecule has 0 spiro atoms. The summed E-state index contributed by atoms with van der Waals surface area (Å²) in [6, 6.07) is 4.82. The number of rotatable bonds is 5. The molecule has 1 aromatic carbocycles. The van der Waals surface area contributed by atoms with E-state index in [0.29, 0.717) is 22.2 Å². The quantitative estimate of drug-likeness (QED) is 0.845. The maximum Gasteiger partial charge on any atom is 0.229 e. The standard InChI is InChI=1S/C14H14Cl2N2O3/c15-10-4-3-9(8-11(10)16)17-12(19)2-1-7-18-13(20)5-6-14(18)21/h3-4,8H,1-2,5-7H2,(H,17,19). The van der Waals surface area contributed by atoms with Gasteiger partial charge in [-0.1, -0.05) is 23.2 Å². The van der Waals surface area contributed by atoms with E-state index in [9.17, 15) is 14.4 Å². The van der Waals surface area contributed by atoms with Gasteiger partial charge < -0.3 is 5.32 Å². The topological polar surface area (TPSA) is 66.5 Å². The van der Waals surface area contributed by atoms with Crippen molar-refractivity contribution in [3.05, 3.63) is 28.2 Å². The molecule has 0 radical (unpaired) electrons. The highest BCUT2D eigenvalue weighted by molar-refractivity contribution is 6.42. The third-order valence-corrected chi connectivity index (χ3v) is 3.88. The molecule has 0 unspecified atom stereocenters. The van der Waals surface area contributed by atoms with E-state index in [4.69, 9.17) is 23.2 Å². The van der Waals surface area contributed by atoms with Crippen molar-refractivity contribution in [2.45, 2.75) is 25.7 Å². The summed E-state index contributed by atoms with van der Waals surface area (Å²) in [5.41, 5.74) is 0.558. The number of amides is 3. The fourth-order valence-electron chi connectivity index (χ4n) is 2.07. The van der Waals surface area contributed by atoms with Crippen LogP contribution in [-0.2, 0) is 14.4 Å². The molecule has 5 nitrogen and oxygen atoms in total. The van der Waals surface area contributed by atoms with Crippen LogP contribution < -0.4 is 5.32 Å². The summed E-state index contributed by atoms with van der Waals surface area (Å²) in [6.07, 6.45) is 1.20. The zero-order valence-electron chi connectivity index (χ0n) is 11.2. The molecule has 21 heavy (non-hydrogen) atoms. The van der Waals surface area contributed by atoms with Gasteiger partial charge in [-0.3, -0.25) is 19.3 Å². The maximum atomic E-state index is 11.8. The van der Waals surface area contributed by atoms with E-state index in [1.807, 2.05) is 0 Å². The van der Waals surface area contributed by atoms with Crippen LogP contribution in [0, 0.1) is 0 Å². The van der Waals surface area contributed by atoms with E-state index in [1.165, 1.54) is 4.90 Å². The van der Waals surface area contributed by atoms with Crippen LogP contribution in [0.25, 0.3) is 0 Å². The van der Waals surface area contributed by atoms with Gasteiger partial charge in [-0.25, -0.2) is 0 Å². The SMILES string of the molecule is O=C(CCCN1C(=O)CCC1=O)Nc1ccc(Cl)c(Cl)c1. The van der Waals surface area contributed by atoms with E-state index in [0.717, 1.165) is 0 Å². The number of carbonyl (C=O) groups is 3. The van der Waals surface area contributed by atoms with E-state index in [1.54, 1.807) is 18.2 Å². The van der Waals surface area contributed by atoms with Crippen LogP contribution in [0.2, 0.25) is 10.0 Å². The summed E-state index contributed by atoms with van der Waals surface area (Å²) >= 11 is 11.6. The normalized spacial score (nSPS) is 14.7. The number of carbonyl (C=O) groups excluding carboxylic acids is 3. The molecule has 0 saturated carbocycles. The summed E-state index contributed by atoms with van der Waals surface area (Å²) < 4.78 is 0. The van der Waals surface area contributed by atoms with Crippen molar-refractivity contribution < 1.29 is 14.4 Å². The third-order valence-electron chi connectivity index (χ3n) is 3.14. The number of anilines is 1. The highest BCUT2D eigenvalue weighted by atomic mass is 35.5. The predicted molar refractivity (Wildman–Crippen MR) is 80.3 cm³/mol. The van der Waals surface area contributed by atoms with Crippen LogP contribution in [0.15, 0.2) is 18.2 Å². The Balaban J connectivity index is 1.78. The smallest absolute Gasteiger partial charge is 0.229 e. The van der Waals surface area contributed by atoms with Crippen LogP contribution in [0.1, 0.15) is 25.7 Å². The number of benzene rings is 1. The molecule has 1 aliphatic rings. The van der Waals surface area contributed by atoms with Crippen LogP contribution in [-0.4, -0.2) is 29.2 Å². The maximum absolute atomic E-state index is 11.8. The van der Waals surface area contributed by atoms with E-state index in [-0.39, 0.29) is 43.5 Å². The van der Waals surface area contributed by atoms with Gasteiger partial charge in [0.15, 0.2) is 0 Å². The first-order chi connectivity index (χ1) is 9.97. The first kappa shape index (κ1) is 15.8. The third kappa shape index (κ3) is 4.19. The van der Waals surface area contributed by atoms with Crippen molar-refractivity contribution in [3.8, 4) is 0 Å². The zero-order chi connectivity index (χ0) is 15.4. The Kier molecular flexibility index (Phi) is 5.20. The van der Waals surface area contributed by atoms with Crippen molar-refractivity contribution in [1.82, 2.24) is 4.90 Å². The Morgan fingerprint density at radius 3 is 2.43 bits per heavy atom. The Morgan fingerprint density at radius 2 is 1.81 bits per heavy atom. The fraction of sp³-hybridized carbons (Fsp3) is 0.357. The molecule has 0 atom stereocenters. The molecule has 0 aliphatic carbocycles. The van der Waals surface area contributed by atoms with Crippen molar-refractivity contribution >= 4 is 46.6 Å². The lowest BCUT2D eigenvalue weighted by atomic mass is 10.2. The van der Waals surface area contributed by atoms with Gasteiger partial charge in [0.25, 0.3) is 0 Å². The number of likely N-dealkylation sites (tertiary alicyclic amines) is 1. The molecule has 0 bridgehead atoms. The molecule has 7 heteroatoms. The van der Waals surface area contributed by atoms with Crippen molar-refractivity contribution in [2.75, 3.05) is 11.9 Å². The minimum absolute atomic E-state index is 0.162. The van der Waals surface area contributed by atoms with Gasteiger partial charge in [0.2, 0.25) is 17.7 Å². The van der Waals surface area contributed by atoms with Crippen LogP contribution >= 0.6 is 23.2 Å². The number of hydrogen-bond acceptors (Lipinski definition) is 3. The number of hydrogen-bond donors (Lipinski definition) is 1. The molecule has 1 N–H and O–H groups in total. The second-order valence-electron chi connectivity index (χ2n) is 4.72. The Bertz CT molecular complexity index is 574. The second-order valence-corrected chi connectivity index (χ2v) is 5.53. The molecule has 1 heterocycles. The summed E-state index contributed by atoms with van der Waals surface area (Å²) in [4.78, 5) is 35.8. The molecule has 1 aromatic rings. The van der Waals surface area contributed by atoms with Gasteiger partial charge in [-0.2, -0.15) is 0 Å². The first-order valence-electron chi connectivity index (χ1n) is 6.55. The van der Waals surface area contributed by atoms with Gasteiger partial charge in [-0.05, 0) is 24.6 Å². The highest BCUT2D eigenvalue weighted by Gasteiger charge is 2.28. The highest BCUT2D eigenvalue weighted by Crippen LogP contribution is 2.25. The summed E-state index contributed by atoms with van der Waals surface area (Å²) in [7, 11) is 0. The molecule has 1 fully saturated rings. The number of nitrogens with one attached hydrogen (secondary N) is 1. The monoisotopic (exact) mass is 328 g/mol. The Hall–Kier alpha value is -1.59. The predicted octanol–water partition coefficient (Wildman–Crippen LogP) is 2.86. The lowest BCUT2D eigenvalue weighted by molar-refractivity contribution is -0.138. The molecular formula is C14H14Cl2N2O3. The van der Waals surface area contributed by atoms with Crippen molar-refractivity contribution in [3.63, 3.8) is 0 Å².